The summed E-state index contributed by atoms with van der Waals surface area (Å²) in [5.41, 5.74) is 6.21. The lowest BCUT2D eigenvalue weighted by Crippen LogP contribution is -2.22. The van der Waals surface area contributed by atoms with E-state index in [1.807, 2.05) is 13.8 Å². The summed E-state index contributed by atoms with van der Waals surface area (Å²) in [7, 11) is 0. The van der Waals surface area contributed by atoms with Gasteiger partial charge in [0.25, 0.3) is 0 Å². The van der Waals surface area contributed by atoms with Crippen LogP contribution in [0.4, 0.5) is 0 Å². The van der Waals surface area contributed by atoms with Gasteiger partial charge in [0.2, 0.25) is 0 Å². The molecule has 0 aromatic heterocycles. The Hall–Kier alpha value is -0.780. The van der Waals surface area contributed by atoms with Crippen molar-refractivity contribution in [2.75, 3.05) is 0 Å². The summed E-state index contributed by atoms with van der Waals surface area (Å²) >= 11 is 0. The molecule has 0 amide bonds. The molecule has 0 heteroatoms. The van der Waals surface area contributed by atoms with Gasteiger partial charge in [0, 0.05) is 0 Å². The third-order valence-corrected chi connectivity index (χ3v) is 7.03. The molecule has 152 valence electrons. The van der Waals surface area contributed by atoms with Gasteiger partial charge >= 0.3 is 0 Å². The zero-order valence-electron chi connectivity index (χ0n) is 18.8. The first-order chi connectivity index (χ1) is 11.5. The fourth-order valence-corrected chi connectivity index (χ4v) is 4.33. The molecule has 0 saturated heterocycles. The van der Waals surface area contributed by atoms with E-state index in [1.165, 1.54) is 37.7 Å². The summed E-state index contributed by atoms with van der Waals surface area (Å²) < 4.78 is 0. The van der Waals surface area contributed by atoms with Crippen molar-refractivity contribution in [3.8, 4) is 0 Å². The molecule has 0 bridgehead atoms. The van der Waals surface area contributed by atoms with E-state index in [4.69, 9.17) is 0 Å². The number of hydrogen-bond donors (Lipinski definition) is 0. The Bertz CT molecular complexity index is 538. The van der Waals surface area contributed by atoms with Crippen LogP contribution in [-0.4, -0.2) is 0 Å². The molecule has 0 nitrogen and oxygen atoms in total. The summed E-state index contributed by atoms with van der Waals surface area (Å²) in [4.78, 5) is 0. The van der Waals surface area contributed by atoms with Crippen molar-refractivity contribution in [1.82, 2.24) is 0 Å². The summed E-state index contributed by atoms with van der Waals surface area (Å²) in [5, 5.41) is 0. The van der Waals surface area contributed by atoms with Gasteiger partial charge in [-0.2, -0.15) is 0 Å². The third-order valence-electron chi connectivity index (χ3n) is 7.03. The summed E-state index contributed by atoms with van der Waals surface area (Å²) in [6.07, 6.45) is 13.7. The number of allylic oxidation sites excluding steroid dienone is 6. The smallest absolute Gasteiger partial charge is 0.00866 e. The van der Waals surface area contributed by atoms with E-state index in [1.54, 1.807) is 11.1 Å². The molecule has 2 unspecified atom stereocenters. The minimum atomic E-state index is 0. The first-order valence-electron chi connectivity index (χ1n) is 10.5. The van der Waals surface area contributed by atoms with Crippen LogP contribution in [0, 0.1) is 22.2 Å². The van der Waals surface area contributed by atoms with Crippen LogP contribution in [0.2, 0.25) is 0 Å². The van der Waals surface area contributed by atoms with E-state index in [0.717, 1.165) is 0 Å². The van der Waals surface area contributed by atoms with Crippen LogP contribution >= 0.6 is 0 Å². The molecule has 0 radical (unpaired) electrons. The second-order valence-corrected chi connectivity index (χ2v) is 9.85. The van der Waals surface area contributed by atoms with E-state index < -0.39 is 0 Å². The second-order valence-electron chi connectivity index (χ2n) is 9.85. The molecule has 0 aromatic carbocycles. The van der Waals surface area contributed by atoms with E-state index in [2.05, 4.69) is 73.6 Å². The van der Waals surface area contributed by atoms with Crippen molar-refractivity contribution in [2.45, 2.75) is 109 Å². The van der Waals surface area contributed by atoms with Crippen LogP contribution in [0.3, 0.4) is 0 Å². The van der Waals surface area contributed by atoms with Crippen molar-refractivity contribution in [3.63, 3.8) is 0 Å². The Kier molecular flexibility index (Phi) is 9.14. The highest BCUT2D eigenvalue weighted by Crippen LogP contribution is 2.64. The molecular formula is C26H48. The van der Waals surface area contributed by atoms with Gasteiger partial charge in [0.1, 0.15) is 0 Å². The highest BCUT2D eigenvalue weighted by Gasteiger charge is 2.55. The first kappa shape index (κ1) is 25.2. The van der Waals surface area contributed by atoms with Crippen LogP contribution in [0.5, 0.6) is 0 Å². The monoisotopic (exact) mass is 360 g/mol. The Balaban J connectivity index is 0.00000201. The van der Waals surface area contributed by atoms with Crippen molar-refractivity contribution < 1.29 is 0 Å². The molecule has 0 aromatic rings. The summed E-state index contributed by atoms with van der Waals surface area (Å²) in [5.74, 6) is 0.641. The predicted molar refractivity (Wildman–Crippen MR) is 122 cm³/mol. The zero-order chi connectivity index (χ0) is 19.5. The van der Waals surface area contributed by atoms with Gasteiger partial charge in [0.05, 0.1) is 0 Å². The number of rotatable bonds is 5. The Morgan fingerprint density at radius 3 is 2.12 bits per heavy atom. The fraction of sp³-hybridized carbons (Fsp3) is 0.769. The molecule has 2 rings (SSSR count). The molecule has 0 spiro atoms. The van der Waals surface area contributed by atoms with Gasteiger partial charge in [-0.05, 0) is 68.1 Å². The molecule has 0 aliphatic heterocycles. The highest BCUT2D eigenvalue weighted by molar-refractivity contribution is 5.26. The topological polar surface area (TPSA) is 0 Å². The fourth-order valence-electron chi connectivity index (χ4n) is 4.33. The lowest BCUT2D eigenvalue weighted by Gasteiger charge is -2.36. The molecule has 2 aliphatic rings. The largest absolute Gasteiger partial charge is 0.0780 e. The maximum absolute atomic E-state index is 2.44. The highest BCUT2D eigenvalue weighted by atomic mass is 14.6. The van der Waals surface area contributed by atoms with Crippen LogP contribution in [0.25, 0.3) is 0 Å². The van der Waals surface area contributed by atoms with E-state index in [0.29, 0.717) is 22.2 Å². The Labute approximate surface area is 166 Å². The molecule has 0 heterocycles. The minimum Gasteiger partial charge on any atom is -0.0780 e. The van der Waals surface area contributed by atoms with E-state index in [-0.39, 0.29) is 7.43 Å². The minimum absolute atomic E-state index is 0. The SMILES string of the molecule is C.CC.CC1=C(CC(C)/C(C)=C/C=C/C2(C)CC2(C)C)C(C)(C)CCC1. The summed E-state index contributed by atoms with van der Waals surface area (Å²) in [6.45, 7) is 23.1. The predicted octanol–water partition coefficient (Wildman–Crippen LogP) is 9.14. The summed E-state index contributed by atoms with van der Waals surface area (Å²) in [6, 6.07) is 0. The maximum atomic E-state index is 2.44. The Morgan fingerprint density at radius 2 is 1.65 bits per heavy atom. The quantitative estimate of drug-likeness (QED) is 0.338. The van der Waals surface area contributed by atoms with Crippen molar-refractivity contribution in [3.05, 3.63) is 34.9 Å². The average Bonchev–Trinajstić information content (AvgIpc) is 3.02. The zero-order valence-corrected chi connectivity index (χ0v) is 18.8. The lowest BCUT2D eigenvalue weighted by molar-refractivity contribution is 0.344. The van der Waals surface area contributed by atoms with Gasteiger partial charge in [-0.3, -0.25) is 0 Å². The first-order valence-corrected chi connectivity index (χ1v) is 10.5. The van der Waals surface area contributed by atoms with Crippen LogP contribution in [0.1, 0.15) is 109 Å². The van der Waals surface area contributed by atoms with Crippen molar-refractivity contribution in [2.24, 2.45) is 22.2 Å². The van der Waals surface area contributed by atoms with Crippen LogP contribution in [0.15, 0.2) is 34.9 Å². The molecular weight excluding hydrogens is 312 g/mol. The molecule has 26 heavy (non-hydrogen) atoms. The standard InChI is InChI=1S/C23H38.C2H6.CH4/c1-17(11-10-14-23(8)16-22(23,6)7)19(3)15-20-18(2)12-9-13-21(20,4)5;1-2;/h10-11,14,19H,9,12-13,15-16H2,1-8H3;1-2H3;1H4/b14-10+,17-11+;;. The van der Waals surface area contributed by atoms with Gasteiger partial charge < -0.3 is 0 Å². The Morgan fingerprint density at radius 1 is 1.12 bits per heavy atom. The molecule has 1 saturated carbocycles. The maximum Gasteiger partial charge on any atom is -0.00866 e. The molecule has 2 aliphatic carbocycles. The van der Waals surface area contributed by atoms with Crippen LogP contribution < -0.4 is 0 Å². The van der Waals surface area contributed by atoms with Gasteiger partial charge in [-0.15, -0.1) is 0 Å². The van der Waals surface area contributed by atoms with E-state index >= 15 is 0 Å². The molecule has 0 N–H and O–H groups in total. The van der Waals surface area contributed by atoms with Crippen molar-refractivity contribution >= 4 is 0 Å². The lowest BCUT2D eigenvalue weighted by atomic mass is 9.69. The van der Waals surface area contributed by atoms with Crippen molar-refractivity contribution in [1.29, 1.82) is 0 Å². The normalized spacial score (nSPS) is 28.2. The van der Waals surface area contributed by atoms with Crippen LogP contribution in [-0.2, 0) is 0 Å². The van der Waals surface area contributed by atoms with Gasteiger partial charge in [-0.25, -0.2) is 0 Å². The third kappa shape index (κ3) is 5.86. The van der Waals surface area contributed by atoms with Gasteiger partial charge in [-0.1, -0.05) is 97.8 Å². The van der Waals surface area contributed by atoms with Gasteiger partial charge in [0.15, 0.2) is 0 Å². The molecule has 1 fully saturated rings. The number of hydrogen-bond acceptors (Lipinski definition) is 0. The average molecular weight is 361 g/mol. The van der Waals surface area contributed by atoms with E-state index in [9.17, 15) is 0 Å². The second kappa shape index (κ2) is 9.43. The molecule has 2 atom stereocenters.